The van der Waals surface area contributed by atoms with E-state index in [2.05, 4.69) is 26.1 Å². The molecular formula is C19H16BrN3O2. The number of hydrogen-bond acceptors (Lipinski definition) is 4. The highest BCUT2D eigenvalue weighted by atomic mass is 79.9. The van der Waals surface area contributed by atoms with Crippen molar-refractivity contribution in [3.8, 4) is 11.4 Å². The molecular weight excluding hydrogens is 382 g/mol. The summed E-state index contributed by atoms with van der Waals surface area (Å²) in [5.74, 6) is 1.06. The molecule has 0 bridgehead atoms. The van der Waals surface area contributed by atoms with Crippen LogP contribution >= 0.6 is 15.9 Å². The molecule has 2 aromatic carbocycles. The molecule has 1 fully saturated rings. The molecule has 0 unspecified atom stereocenters. The molecule has 0 saturated carbocycles. The van der Waals surface area contributed by atoms with Crippen LogP contribution in [-0.4, -0.2) is 22.6 Å². The van der Waals surface area contributed by atoms with E-state index >= 15 is 0 Å². The molecule has 0 aliphatic carbocycles. The first-order valence-corrected chi connectivity index (χ1v) is 8.86. The second kappa shape index (κ2) is 6.44. The number of rotatable bonds is 3. The van der Waals surface area contributed by atoms with E-state index in [0.717, 1.165) is 15.7 Å². The van der Waals surface area contributed by atoms with Gasteiger partial charge in [0.15, 0.2) is 0 Å². The lowest BCUT2D eigenvalue weighted by molar-refractivity contribution is -0.117. The zero-order chi connectivity index (χ0) is 17.4. The Bertz CT molecular complexity index is 903. The molecule has 6 heteroatoms. The van der Waals surface area contributed by atoms with Gasteiger partial charge in [-0.2, -0.15) is 4.98 Å². The second-order valence-electron chi connectivity index (χ2n) is 6.20. The Labute approximate surface area is 153 Å². The van der Waals surface area contributed by atoms with Crippen LogP contribution in [0.15, 0.2) is 57.5 Å². The Balaban J connectivity index is 1.54. The van der Waals surface area contributed by atoms with Crippen molar-refractivity contribution in [3.63, 3.8) is 0 Å². The van der Waals surface area contributed by atoms with Gasteiger partial charge in [0.05, 0.1) is 5.92 Å². The molecule has 1 amide bonds. The van der Waals surface area contributed by atoms with E-state index in [-0.39, 0.29) is 11.8 Å². The summed E-state index contributed by atoms with van der Waals surface area (Å²) in [6.07, 6.45) is 0.385. The number of carbonyl (C=O) groups is 1. The number of amides is 1. The van der Waals surface area contributed by atoms with Crippen LogP contribution in [0.4, 0.5) is 5.69 Å². The highest BCUT2D eigenvalue weighted by molar-refractivity contribution is 9.10. The van der Waals surface area contributed by atoms with E-state index in [1.165, 1.54) is 5.56 Å². The molecule has 1 aliphatic heterocycles. The molecule has 0 radical (unpaired) electrons. The fourth-order valence-electron chi connectivity index (χ4n) is 2.96. The third-order valence-electron chi connectivity index (χ3n) is 4.36. The first-order chi connectivity index (χ1) is 12.1. The number of nitrogens with zero attached hydrogens (tertiary/aromatic N) is 3. The molecule has 1 saturated heterocycles. The maximum atomic E-state index is 12.4. The smallest absolute Gasteiger partial charge is 0.232 e. The van der Waals surface area contributed by atoms with Crippen molar-refractivity contribution in [3.05, 3.63) is 64.5 Å². The molecule has 3 aromatic rings. The van der Waals surface area contributed by atoms with Crippen molar-refractivity contribution in [2.45, 2.75) is 19.3 Å². The van der Waals surface area contributed by atoms with Gasteiger partial charge in [0.2, 0.25) is 17.6 Å². The molecule has 25 heavy (non-hydrogen) atoms. The molecule has 126 valence electrons. The maximum Gasteiger partial charge on any atom is 0.232 e. The van der Waals surface area contributed by atoms with Crippen LogP contribution in [0.1, 0.15) is 23.8 Å². The van der Waals surface area contributed by atoms with Crippen LogP contribution in [0.3, 0.4) is 0 Å². The maximum absolute atomic E-state index is 12.4. The van der Waals surface area contributed by atoms with Crippen molar-refractivity contribution < 1.29 is 9.32 Å². The Kier molecular flexibility index (Phi) is 4.13. The van der Waals surface area contributed by atoms with Gasteiger partial charge in [-0.1, -0.05) is 38.8 Å². The summed E-state index contributed by atoms with van der Waals surface area (Å²) in [5, 5.41) is 4.06. The van der Waals surface area contributed by atoms with E-state index in [0.29, 0.717) is 24.7 Å². The van der Waals surface area contributed by atoms with Crippen molar-refractivity contribution in [1.82, 2.24) is 10.1 Å². The standard InChI is InChI=1S/C19H16BrN3O2/c1-12-2-8-16(9-3-12)23-11-14(10-17(23)24)19-21-18(22-25-19)13-4-6-15(20)7-5-13/h2-9,14H,10-11H2,1H3/t14-/m0/s1. The van der Waals surface area contributed by atoms with Crippen LogP contribution < -0.4 is 4.90 Å². The topological polar surface area (TPSA) is 59.2 Å². The Morgan fingerprint density at radius 3 is 2.56 bits per heavy atom. The van der Waals surface area contributed by atoms with E-state index in [1.54, 1.807) is 4.90 Å². The highest BCUT2D eigenvalue weighted by Gasteiger charge is 2.35. The van der Waals surface area contributed by atoms with Crippen LogP contribution in [0.25, 0.3) is 11.4 Å². The van der Waals surface area contributed by atoms with Gasteiger partial charge in [-0.3, -0.25) is 4.79 Å². The summed E-state index contributed by atoms with van der Waals surface area (Å²) in [4.78, 5) is 18.7. The molecule has 1 aromatic heterocycles. The van der Waals surface area contributed by atoms with Crippen LogP contribution in [0.2, 0.25) is 0 Å². The Morgan fingerprint density at radius 2 is 1.84 bits per heavy atom. The van der Waals surface area contributed by atoms with Crippen molar-refractivity contribution >= 4 is 27.5 Å². The molecule has 0 spiro atoms. The zero-order valence-electron chi connectivity index (χ0n) is 13.6. The van der Waals surface area contributed by atoms with Crippen molar-refractivity contribution in [2.24, 2.45) is 0 Å². The predicted octanol–water partition coefficient (Wildman–Crippen LogP) is 4.33. The number of aromatic nitrogens is 2. The van der Waals surface area contributed by atoms with Gasteiger partial charge in [0.1, 0.15) is 0 Å². The van der Waals surface area contributed by atoms with Gasteiger partial charge in [-0.05, 0) is 43.3 Å². The second-order valence-corrected chi connectivity index (χ2v) is 7.12. The van der Waals surface area contributed by atoms with Gasteiger partial charge in [-0.15, -0.1) is 0 Å². The summed E-state index contributed by atoms with van der Waals surface area (Å²) in [6.45, 7) is 2.59. The normalized spacial score (nSPS) is 17.3. The summed E-state index contributed by atoms with van der Waals surface area (Å²) in [6, 6.07) is 15.7. The Hall–Kier alpha value is -2.47. The number of aryl methyl sites for hydroxylation is 1. The average molecular weight is 398 g/mol. The summed E-state index contributed by atoms with van der Waals surface area (Å²) < 4.78 is 6.43. The molecule has 2 heterocycles. The lowest BCUT2D eigenvalue weighted by Crippen LogP contribution is -2.24. The SMILES string of the molecule is Cc1ccc(N2C[C@@H](c3nc(-c4ccc(Br)cc4)no3)CC2=O)cc1. The fourth-order valence-corrected chi connectivity index (χ4v) is 3.23. The summed E-state index contributed by atoms with van der Waals surface area (Å²) in [5.41, 5.74) is 2.96. The minimum Gasteiger partial charge on any atom is -0.339 e. The zero-order valence-corrected chi connectivity index (χ0v) is 15.2. The highest BCUT2D eigenvalue weighted by Crippen LogP contribution is 2.32. The van der Waals surface area contributed by atoms with Crippen molar-refractivity contribution in [2.75, 3.05) is 11.4 Å². The van der Waals surface area contributed by atoms with Gasteiger partial charge >= 0.3 is 0 Å². The third kappa shape index (κ3) is 3.22. The molecule has 4 rings (SSSR count). The minimum absolute atomic E-state index is 0.0782. The predicted molar refractivity (Wildman–Crippen MR) is 98.3 cm³/mol. The molecule has 1 atom stereocenters. The van der Waals surface area contributed by atoms with E-state index in [9.17, 15) is 4.79 Å². The lowest BCUT2D eigenvalue weighted by atomic mass is 10.1. The quantitative estimate of drug-likeness (QED) is 0.659. The first-order valence-electron chi connectivity index (χ1n) is 8.07. The number of benzene rings is 2. The number of hydrogen-bond donors (Lipinski definition) is 0. The largest absolute Gasteiger partial charge is 0.339 e. The fraction of sp³-hybridized carbons (Fsp3) is 0.211. The monoisotopic (exact) mass is 397 g/mol. The number of carbonyl (C=O) groups excluding carboxylic acids is 1. The lowest BCUT2D eigenvalue weighted by Gasteiger charge is -2.16. The van der Waals surface area contributed by atoms with Gasteiger partial charge in [0.25, 0.3) is 0 Å². The van der Waals surface area contributed by atoms with E-state index in [4.69, 9.17) is 4.52 Å². The molecule has 5 nitrogen and oxygen atoms in total. The average Bonchev–Trinajstić information content (AvgIpc) is 3.23. The molecule has 0 N–H and O–H groups in total. The third-order valence-corrected chi connectivity index (χ3v) is 4.89. The van der Waals surface area contributed by atoms with Crippen LogP contribution in [0, 0.1) is 6.92 Å². The summed E-state index contributed by atoms with van der Waals surface area (Å²) >= 11 is 3.41. The van der Waals surface area contributed by atoms with Gasteiger partial charge in [0, 0.05) is 28.7 Å². The number of halogens is 1. The van der Waals surface area contributed by atoms with E-state index in [1.807, 2.05) is 55.5 Å². The first kappa shape index (κ1) is 16.0. The number of anilines is 1. The molecule has 1 aliphatic rings. The van der Waals surface area contributed by atoms with Crippen LogP contribution in [0.5, 0.6) is 0 Å². The van der Waals surface area contributed by atoms with Gasteiger partial charge < -0.3 is 9.42 Å². The van der Waals surface area contributed by atoms with Gasteiger partial charge in [-0.25, -0.2) is 0 Å². The summed E-state index contributed by atoms with van der Waals surface area (Å²) in [7, 11) is 0. The Morgan fingerprint density at radius 1 is 1.12 bits per heavy atom. The van der Waals surface area contributed by atoms with Crippen molar-refractivity contribution in [1.29, 1.82) is 0 Å². The van der Waals surface area contributed by atoms with E-state index < -0.39 is 0 Å². The minimum atomic E-state index is -0.0782. The van der Waals surface area contributed by atoms with Crippen LogP contribution in [-0.2, 0) is 4.79 Å².